The zero-order chi connectivity index (χ0) is 9.80. The number of ether oxygens (including phenoxy) is 2. The molecule has 5 heteroatoms. The number of anilines is 1. The molecule has 2 heterocycles. The predicted octanol–water partition coefficient (Wildman–Crippen LogP) is 0.271. The topological polar surface area (TPSA) is 62.3 Å². The van der Waals surface area contributed by atoms with Gasteiger partial charge >= 0.3 is 0 Å². The lowest BCUT2D eigenvalue weighted by molar-refractivity contribution is 0.0372. The van der Waals surface area contributed by atoms with Gasteiger partial charge in [-0.1, -0.05) is 0 Å². The lowest BCUT2D eigenvalue weighted by Gasteiger charge is -2.09. The lowest BCUT2D eigenvalue weighted by Crippen LogP contribution is -2.16. The first-order valence-electron chi connectivity index (χ1n) is 4.83. The van der Waals surface area contributed by atoms with Gasteiger partial charge in [0.1, 0.15) is 5.82 Å². The molecule has 1 unspecified atom stereocenters. The van der Waals surface area contributed by atoms with Crippen molar-refractivity contribution in [3.8, 4) is 0 Å². The van der Waals surface area contributed by atoms with E-state index < -0.39 is 0 Å². The first kappa shape index (κ1) is 9.48. The maximum atomic E-state index is 5.59. The number of nitrogens with zero attached hydrogens (tertiary/aromatic N) is 2. The average molecular weight is 197 g/mol. The Morgan fingerprint density at radius 3 is 3.29 bits per heavy atom. The summed E-state index contributed by atoms with van der Waals surface area (Å²) in [6.07, 6.45) is 3.12. The molecule has 1 aromatic rings. The van der Waals surface area contributed by atoms with Crippen LogP contribution in [0, 0.1) is 0 Å². The molecule has 2 rings (SSSR count). The van der Waals surface area contributed by atoms with E-state index in [0.29, 0.717) is 12.4 Å². The molecule has 0 aromatic carbocycles. The van der Waals surface area contributed by atoms with Gasteiger partial charge in [-0.3, -0.25) is 4.68 Å². The third-order valence-electron chi connectivity index (χ3n) is 2.22. The Balaban J connectivity index is 1.67. The zero-order valence-electron chi connectivity index (χ0n) is 8.06. The van der Waals surface area contributed by atoms with E-state index in [0.717, 1.165) is 26.2 Å². The van der Waals surface area contributed by atoms with Crippen molar-refractivity contribution >= 4 is 5.82 Å². The maximum Gasteiger partial charge on any atom is 0.145 e. The van der Waals surface area contributed by atoms with E-state index in [1.165, 1.54) is 0 Å². The van der Waals surface area contributed by atoms with Gasteiger partial charge < -0.3 is 15.2 Å². The Bertz CT molecular complexity index is 281. The predicted molar refractivity (Wildman–Crippen MR) is 51.8 cm³/mol. The zero-order valence-corrected chi connectivity index (χ0v) is 8.06. The highest BCUT2D eigenvalue weighted by molar-refractivity contribution is 5.23. The van der Waals surface area contributed by atoms with Crippen LogP contribution in [0.1, 0.15) is 6.42 Å². The fourth-order valence-electron chi connectivity index (χ4n) is 1.46. The van der Waals surface area contributed by atoms with E-state index in [1.807, 2.05) is 6.20 Å². The molecule has 1 fully saturated rings. The molecule has 1 aliphatic rings. The Labute approximate surface area is 82.8 Å². The summed E-state index contributed by atoms with van der Waals surface area (Å²) in [7, 11) is 0. The number of rotatable bonds is 4. The second-order valence-corrected chi connectivity index (χ2v) is 3.36. The van der Waals surface area contributed by atoms with Gasteiger partial charge in [0.25, 0.3) is 0 Å². The van der Waals surface area contributed by atoms with Crippen LogP contribution in [0.25, 0.3) is 0 Å². The summed E-state index contributed by atoms with van der Waals surface area (Å²) in [5.74, 6) is 0.550. The van der Waals surface area contributed by atoms with Crippen LogP contribution in [0.2, 0.25) is 0 Å². The largest absolute Gasteiger partial charge is 0.382 e. The molecule has 0 aliphatic carbocycles. The second kappa shape index (κ2) is 4.43. The first-order valence-corrected chi connectivity index (χ1v) is 4.83. The van der Waals surface area contributed by atoms with Crippen molar-refractivity contribution in [3.05, 3.63) is 12.3 Å². The molecule has 2 N–H and O–H groups in total. The van der Waals surface area contributed by atoms with Gasteiger partial charge in [0.15, 0.2) is 0 Å². The van der Waals surface area contributed by atoms with Gasteiger partial charge in [-0.05, 0) is 12.5 Å². The summed E-state index contributed by atoms with van der Waals surface area (Å²) < 4.78 is 12.6. The van der Waals surface area contributed by atoms with Gasteiger partial charge in [-0.15, -0.1) is 0 Å². The molecular formula is C9H15N3O2. The van der Waals surface area contributed by atoms with Crippen LogP contribution in [0.3, 0.4) is 0 Å². The number of hydrogen-bond donors (Lipinski definition) is 1. The van der Waals surface area contributed by atoms with Crippen LogP contribution < -0.4 is 5.73 Å². The summed E-state index contributed by atoms with van der Waals surface area (Å²) in [4.78, 5) is 0. The minimum atomic E-state index is 0.267. The molecule has 0 spiro atoms. The van der Waals surface area contributed by atoms with Gasteiger partial charge in [-0.2, -0.15) is 5.10 Å². The van der Waals surface area contributed by atoms with Crippen LogP contribution in [-0.2, 0) is 16.0 Å². The fraction of sp³-hybridized carbons (Fsp3) is 0.667. The van der Waals surface area contributed by atoms with Crippen molar-refractivity contribution in [2.24, 2.45) is 0 Å². The van der Waals surface area contributed by atoms with Crippen LogP contribution in [-0.4, -0.2) is 35.7 Å². The molecule has 1 aromatic heterocycles. The van der Waals surface area contributed by atoms with Crippen molar-refractivity contribution < 1.29 is 9.47 Å². The summed E-state index contributed by atoms with van der Waals surface area (Å²) >= 11 is 0. The number of nitrogens with two attached hydrogens (primary N) is 1. The summed E-state index contributed by atoms with van der Waals surface area (Å²) in [6, 6.07) is 1.78. The Hall–Kier alpha value is -1.07. The van der Waals surface area contributed by atoms with Crippen LogP contribution in [0.5, 0.6) is 0 Å². The van der Waals surface area contributed by atoms with Crippen LogP contribution in [0.15, 0.2) is 12.3 Å². The third-order valence-corrected chi connectivity index (χ3v) is 2.22. The third kappa shape index (κ3) is 2.46. The van der Waals surface area contributed by atoms with E-state index >= 15 is 0 Å². The van der Waals surface area contributed by atoms with Crippen LogP contribution >= 0.6 is 0 Å². The normalized spacial score (nSPS) is 21.6. The molecule has 0 bridgehead atoms. The molecule has 0 amide bonds. The minimum Gasteiger partial charge on any atom is -0.382 e. The monoisotopic (exact) mass is 197 g/mol. The summed E-state index contributed by atoms with van der Waals surface area (Å²) in [5, 5.41) is 4.06. The Kier molecular flexibility index (Phi) is 3.00. The van der Waals surface area contributed by atoms with E-state index in [1.54, 1.807) is 10.7 Å². The quantitative estimate of drug-likeness (QED) is 0.752. The van der Waals surface area contributed by atoms with Gasteiger partial charge in [0.2, 0.25) is 0 Å². The molecule has 1 aliphatic heterocycles. The Morgan fingerprint density at radius 1 is 1.71 bits per heavy atom. The molecule has 14 heavy (non-hydrogen) atoms. The van der Waals surface area contributed by atoms with Crippen molar-refractivity contribution in [1.29, 1.82) is 0 Å². The molecule has 1 atom stereocenters. The number of nitrogen functional groups attached to an aromatic ring is 1. The van der Waals surface area contributed by atoms with Crippen molar-refractivity contribution in [1.82, 2.24) is 9.78 Å². The number of hydrogen-bond acceptors (Lipinski definition) is 4. The van der Waals surface area contributed by atoms with E-state index in [-0.39, 0.29) is 6.10 Å². The Morgan fingerprint density at radius 2 is 2.64 bits per heavy atom. The molecular weight excluding hydrogens is 182 g/mol. The molecule has 78 valence electrons. The molecule has 0 saturated carbocycles. The highest BCUT2D eigenvalue weighted by Gasteiger charge is 2.15. The molecule has 1 saturated heterocycles. The summed E-state index contributed by atoms with van der Waals surface area (Å²) in [6.45, 7) is 2.95. The first-order chi connectivity index (χ1) is 6.84. The fourth-order valence-corrected chi connectivity index (χ4v) is 1.46. The van der Waals surface area contributed by atoms with Gasteiger partial charge in [0.05, 0.1) is 25.9 Å². The smallest absolute Gasteiger partial charge is 0.145 e. The highest BCUT2D eigenvalue weighted by Crippen LogP contribution is 2.07. The van der Waals surface area contributed by atoms with Gasteiger partial charge in [0, 0.05) is 12.8 Å². The van der Waals surface area contributed by atoms with E-state index in [2.05, 4.69) is 5.10 Å². The van der Waals surface area contributed by atoms with E-state index in [9.17, 15) is 0 Å². The molecule has 0 radical (unpaired) electrons. The standard InChI is InChI=1S/C9H15N3O2/c10-9-1-3-12(11-9)4-6-14-8-2-5-13-7-8/h1,3,8H,2,4-7H2,(H2,10,11). The molecule has 5 nitrogen and oxygen atoms in total. The number of aromatic nitrogens is 2. The van der Waals surface area contributed by atoms with Crippen LogP contribution in [0.4, 0.5) is 5.82 Å². The minimum absolute atomic E-state index is 0.267. The SMILES string of the molecule is Nc1ccn(CCOC2CCOC2)n1. The van der Waals surface area contributed by atoms with Crippen molar-refractivity contribution in [2.45, 2.75) is 19.1 Å². The highest BCUT2D eigenvalue weighted by atomic mass is 16.5. The van der Waals surface area contributed by atoms with Crippen molar-refractivity contribution in [3.63, 3.8) is 0 Å². The van der Waals surface area contributed by atoms with Crippen molar-refractivity contribution in [2.75, 3.05) is 25.6 Å². The van der Waals surface area contributed by atoms with Gasteiger partial charge in [-0.25, -0.2) is 0 Å². The average Bonchev–Trinajstić information content (AvgIpc) is 2.77. The lowest BCUT2D eigenvalue weighted by atomic mass is 10.3. The summed E-state index contributed by atoms with van der Waals surface area (Å²) in [5.41, 5.74) is 5.48. The second-order valence-electron chi connectivity index (χ2n) is 3.36. The van der Waals surface area contributed by atoms with E-state index in [4.69, 9.17) is 15.2 Å². The maximum absolute atomic E-state index is 5.59.